The van der Waals surface area contributed by atoms with E-state index < -0.39 is 5.92 Å². The summed E-state index contributed by atoms with van der Waals surface area (Å²) in [6, 6.07) is 7.98. The van der Waals surface area contributed by atoms with Gasteiger partial charge in [0.05, 0.1) is 19.6 Å². The van der Waals surface area contributed by atoms with Crippen molar-refractivity contribution in [2.75, 3.05) is 7.11 Å². The molecule has 0 bridgehead atoms. The van der Waals surface area contributed by atoms with Gasteiger partial charge in [0.25, 0.3) is 0 Å². The number of rotatable bonds is 5. The number of ether oxygens (including phenoxy) is 1. The molecule has 27 heavy (non-hydrogen) atoms. The molecule has 3 rings (SSSR count). The third kappa shape index (κ3) is 3.32. The number of nitrogens with zero attached hydrogens (tertiary/aromatic N) is 3. The fraction of sp³-hybridized carbons (Fsp3) is 0.381. The second-order valence-electron chi connectivity index (χ2n) is 6.97. The van der Waals surface area contributed by atoms with Crippen LogP contribution in [0, 0.1) is 26.7 Å². The second-order valence-corrected chi connectivity index (χ2v) is 6.97. The number of methoxy groups -OCH3 is 1. The predicted octanol–water partition coefficient (Wildman–Crippen LogP) is 3.09. The number of fused-ring (bicyclic) bond motifs is 1. The summed E-state index contributed by atoms with van der Waals surface area (Å²) in [4.78, 5) is 12.4. The van der Waals surface area contributed by atoms with Gasteiger partial charge in [-0.25, -0.2) is 0 Å². The highest BCUT2D eigenvalue weighted by atomic mass is 16.5. The van der Waals surface area contributed by atoms with Gasteiger partial charge in [0.2, 0.25) is 0 Å². The van der Waals surface area contributed by atoms with Crippen LogP contribution in [0.3, 0.4) is 0 Å². The lowest BCUT2D eigenvalue weighted by molar-refractivity contribution is -0.145. The van der Waals surface area contributed by atoms with E-state index in [1.807, 2.05) is 62.6 Å². The van der Waals surface area contributed by atoms with Crippen LogP contribution in [-0.4, -0.2) is 32.8 Å². The summed E-state index contributed by atoms with van der Waals surface area (Å²) in [5.74, 6) is -0.0714. The Bertz CT molecular complexity index is 994. The third-order valence-electron chi connectivity index (χ3n) is 5.35. The summed E-state index contributed by atoms with van der Waals surface area (Å²) in [7, 11) is 1.40. The zero-order chi connectivity index (χ0) is 19.7. The Morgan fingerprint density at radius 2 is 1.96 bits per heavy atom. The first-order chi connectivity index (χ1) is 12.9. The number of carbonyl (C=O) groups is 1. The van der Waals surface area contributed by atoms with Crippen LogP contribution in [0.4, 0.5) is 0 Å². The van der Waals surface area contributed by atoms with Crippen molar-refractivity contribution in [2.45, 2.75) is 40.2 Å². The van der Waals surface area contributed by atoms with Gasteiger partial charge in [-0.15, -0.1) is 10.2 Å². The van der Waals surface area contributed by atoms with E-state index in [0.29, 0.717) is 0 Å². The van der Waals surface area contributed by atoms with Gasteiger partial charge in [0, 0.05) is 12.1 Å². The Morgan fingerprint density at radius 3 is 2.63 bits per heavy atom. The summed E-state index contributed by atoms with van der Waals surface area (Å²) in [6.45, 7) is 7.69. The summed E-state index contributed by atoms with van der Waals surface area (Å²) in [5.41, 5.74) is 5.59. The Morgan fingerprint density at radius 1 is 1.22 bits per heavy atom. The molecule has 2 atom stereocenters. The van der Waals surface area contributed by atoms with E-state index in [4.69, 9.17) is 4.74 Å². The molecule has 0 amide bonds. The van der Waals surface area contributed by atoms with Gasteiger partial charge in [-0.1, -0.05) is 25.1 Å². The lowest BCUT2D eigenvalue weighted by Gasteiger charge is -2.26. The number of pyridine rings is 1. The molecular weight excluding hydrogens is 342 g/mol. The number of benzene rings is 1. The molecule has 6 heteroatoms. The van der Waals surface area contributed by atoms with Crippen LogP contribution in [0.5, 0.6) is 0 Å². The first-order valence-corrected chi connectivity index (χ1v) is 8.98. The molecule has 0 aliphatic carbocycles. The van der Waals surface area contributed by atoms with Gasteiger partial charge in [-0.05, 0) is 54.7 Å². The van der Waals surface area contributed by atoms with Crippen molar-refractivity contribution in [3.8, 4) is 0 Å². The molecule has 2 heterocycles. The molecule has 0 saturated heterocycles. The van der Waals surface area contributed by atoms with E-state index in [-0.39, 0.29) is 18.5 Å². The minimum Gasteiger partial charge on any atom is -0.469 e. The lowest BCUT2D eigenvalue weighted by atomic mass is 9.79. The second kappa shape index (κ2) is 7.48. The minimum absolute atomic E-state index is 0.0413. The van der Waals surface area contributed by atoms with Crippen molar-refractivity contribution in [2.24, 2.45) is 5.92 Å². The number of aromatic nitrogens is 3. The molecule has 0 fully saturated rings. The molecular formula is C21H25N3O3. The predicted molar refractivity (Wildman–Crippen MR) is 103 cm³/mol. The molecule has 0 spiro atoms. The summed E-state index contributed by atoms with van der Waals surface area (Å²) >= 11 is 0. The maximum Gasteiger partial charge on any atom is 0.309 e. The number of aryl methyl sites for hydroxylation is 3. The molecule has 2 aromatic heterocycles. The monoisotopic (exact) mass is 367 g/mol. The number of carbonyl (C=O) groups excluding carboxylic acids is 1. The van der Waals surface area contributed by atoms with Crippen molar-refractivity contribution < 1.29 is 14.6 Å². The fourth-order valence-corrected chi connectivity index (χ4v) is 3.66. The molecule has 0 radical (unpaired) electrons. The quantitative estimate of drug-likeness (QED) is 0.701. The number of aliphatic hydroxyl groups excluding tert-OH is 1. The normalized spacial score (nSPS) is 13.6. The Labute approximate surface area is 158 Å². The SMILES string of the molecule is COC(=O)[C@H](C)[C@H](c1ccc(C)c(CO)c1)c1ccn2c(C)nnc2c1C. The molecule has 0 aliphatic heterocycles. The summed E-state index contributed by atoms with van der Waals surface area (Å²) in [5, 5.41) is 18.1. The van der Waals surface area contributed by atoms with Crippen molar-refractivity contribution in [1.82, 2.24) is 14.6 Å². The molecule has 3 aromatic rings. The highest BCUT2D eigenvalue weighted by Gasteiger charge is 2.30. The van der Waals surface area contributed by atoms with Gasteiger partial charge < -0.3 is 9.84 Å². The van der Waals surface area contributed by atoms with Gasteiger partial charge in [-0.2, -0.15) is 0 Å². The van der Waals surface area contributed by atoms with Crippen molar-refractivity contribution in [1.29, 1.82) is 0 Å². The molecule has 142 valence electrons. The highest BCUT2D eigenvalue weighted by molar-refractivity contribution is 5.74. The molecule has 6 nitrogen and oxygen atoms in total. The summed E-state index contributed by atoms with van der Waals surface area (Å²) in [6.07, 6.45) is 1.94. The van der Waals surface area contributed by atoms with Crippen molar-refractivity contribution in [3.05, 3.63) is 64.1 Å². The smallest absolute Gasteiger partial charge is 0.309 e. The summed E-state index contributed by atoms with van der Waals surface area (Å²) < 4.78 is 6.96. The Balaban J connectivity index is 2.22. The molecule has 0 saturated carbocycles. The van der Waals surface area contributed by atoms with E-state index in [2.05, 4.69) is 10.2 Å². The van der Waals surface area contributed by atoms with Crippen LogP contribution >= 0.6 is 0 Å². The third-order valence-corrected chi connectivity index (χ3v) is 5.35. The average Bonchev–Trinajstić information content (AvgIpc) is 3.05. The number of esters is 1. The zero-order valence-corrected chi connectivity index (χ0v) is 16.4. The van der Waals surface area contributed by atoms with Crippen LogP contribution in [0.1, 0.15) is 46.5 Å². The van der Waals surface area contributed by atoms with E-state index in [9.17, 15) is 9.90 Å². The topological polar surface area (TPSA) is 76.7 Å². The minimum atomic E-state index is -0.394. The largest absolute Gasteiger partial charge is 0.469 e. The van der Waals surface area contributed by atoms with E-state index >= 15 is 0 Å². The van der Waals surface area contributed by atoms with Gasteiger partial charge in [0.15, 0.2) is 5.65 Å². The van der Waals surface area contributed by atoms with Crippen molar-refractivity contribution >= 4 is 11.6 Å². The van der Waals surface area contributed by atoms with Crippen LogP contribution in [0.2, 0.25) is 0 Å². The molecule has 0 unspecified atom stereocenters. The number of hydrogen-bond acceptors (Lipinski definition) is 5. The maximum absolute atomic E-state index is 12.4. The van der Waals surface area contributed by atoms with Crippen LogP contribution in [-0.2, 0) is 16.1 Å². The first kappa shape index (κ1) is 19.0. The van der Waals surface area contributed by atoms with E-state index in [1.165, 1.54) is 7.11 Å². The van der Waals surface area contributed by atoms with E-state index in [0.717, 1.165) is 39.3 Å². The Kier molecular flexibility index (Phi) is 5.28. The number of hydrogen-bond donors (Lipinski definition) is 1. The van der Waals surface area contributed by atoms with Crippen LogP contribution < -0.4 is 0 Å². The molecule has 0 aliphatic rings. The van der Waals surface area contributed by atoms with E-state index in [1.54, 1.807) is 0 Å². The molecule has 1 N–H and O–H groups in total. The number of aliphatic hydroxyl groups is 1. The lowest BCUT2D eigenvalue weighted by Crippen LogP contribution is -2.23. The van der Waals surface area contributed by atoms with Gasteiger partial charge >= 0.3 is 5.97 Å². The van der Waals surface area contributed by atoms with Crippen molar-refractivity contribution in [3.63, 3.8) is 0 Å². The first-order valence-electron chi connectivity index (χ1n) is 8.98. The van der Waals surface area contributed by atoms with Gasteiger partial charge in [0.1, 0.15) is 5.82 Å². The molecule has 1 aromatic carbocycles. The average molecular weight is 367 g/mol. The van der Waals surface area contributed by atoms with Crippen LogP contribution in [0.15, 0.2) is 30.5 Å². The highest BCUT2D eigenvalue weighted by Crippen LogP contribution is 2.36. The van der Waals surface area contributed by atoms with Gasteiger partial charge in [-0.3, -0.25) is 9.20 Å². The Hall–Kier alpha value is -2.73. The fourth-order valence-electron chi connectivity index (χ4n) is 3.66. The maximum atomic E-state index is 12.4. The van der Waals surface area contributed by atoms with Crippen LogP contribution in [0.25, 0.3) is 5.65 Å². The zero-order valence-electron chi connectivity index (χ0n) is 16.4. The standard InChI is InChI=1S/C21H25N3O3/c1-12-6-7-16(10-17(12)11-25)19(14(3)21(26)27-5)18-8-9-24-15(4)22-23-20(24)13(18)2/h6-10,14,19,25H,11H2,1-5H3/t14-,19-/m1/s1.